The predicted molar refractivity (Wildman–Crippen MR) is 315 cm³/mol. The van der Waals surface area contributed by atoms with Gasteiger partial charge in [0, 0.05) is 27.6 Å². The molecule has 13 aromatic rings. The first-order chi connectivity index (χ1) is 37.7. The Bertz CT molecular complexity index is 4380. The predicted octanol–water partition coefficient (Wildman–Crippen LogP) is 18.6. The van der Waals surface area contributed by atoms with Crippen molar-refractivity contribution < 1.29 is 0 Å². The highest BCUT2D eigenvalue weighted by atomic mass is 15.2. The summed E-state index contributed by atoms with van der Waals surface area (Å²) in [5.41, 5.74) is 26.0. The maximum absolute atomic E-state index is 2.57. The van der Waals surface area contributed by atoms with Crippen molar-refractivity contribution >= 4 is 38.9 Å². The highest BCUT2D eigenvalue weighted by Gasteiger charge is 2.51. The van der Waals surface area contributed by atoms with Crippen LogP contribution in [0.25, 0.3) is 72.0 Å². The fourth-order valence-corrected chi connectivity index (χ4v) is 14.2. The first-order valence-electron chi connectivity index (χ1n) is 26.5. The average Bonchev–Trinajstić information content (AvgIpc) is 4.32. The van der Waals surface area contributed by atoms with Crippen LogP contribution in [0.5, 0.6) is 0 Å². The van der Waals surface area contributed by atoms with Crippen molar-refractivity contribution in [3.05, 3.63) is 336 Å². The summed E-state index contributed by atoms with van der Waals surface area (Å²) in [5.74, 6) is 0. The topological polar surface area (TPSA) is 8.17 Å². The molecule has 1 spiro atoms. The van der Waals surface area contributed by atoms with Crippen LogP contribution in [0, 0.1) is 0 Å². The average molecular weight is 965 g/mol. The Labute approximate surface area is 442 Å². The van der Waals surface area contributed by atoms with Crippen molar-refractivity contribution in [2.75, 3.05) is 4.90 Å². The molecule has 2 nitrogen and oxygen atoms in total. The molecule has 0 saturated carbocycles. The monoisotopic (exact) mass is 964 g/mol. The largest absolute Gasteiger partial charge is 0.309 e. The first kappa shape index (κ1) is 42.7. The van der Waals surface area contributed by atoms with Crippen LogP contribution in [0.4, 0.5) is 17.1 Å². The maximum Gasteiger partial charge on any atom is 0.0754 e. The zero-order valence-corrected chi connectivity index (χ0v) is 41.6. The van der Waals surface area contributed by atoms with Gasteiger partial charge < -0.3 is 9.47 Å². The zero-order chi connectivity index (χ0) is 50.0. The van der Waals surface area contributed by atoms with Crippen molar-refractivity contribution in [1.82, 2.24) is 4.57 Å². The van der Waals surface area contributed by atoms with Crippen molar-refractivity contribution in [2.45, 2.75) is 10.8 Å². The Kier molecular flexibility index (Phi) is 9.20. The van der Waals surface area contributed by atoms with Crippen LogP contribution >= 0.6 is 0 Å². The number of anilines is 3. The second-order valence-electron chi connectivity index (χ2n) is 20.6. The normalized spacial score (nSPS) is 13.7. The molecule has 2 aliphatic carbocycles. The fourth-order valence-electron chi connectivity index (χ4n) is 14.2. The van der Waals surface area contributed by atoms with E-state index < -0.39 is 10.8 Å². The molecule has 2 heteroatoms. The van der Waals surface area contributed by atoms with E-state index in [1.165, 1.54) is 105 Å². The van der Waals surface area contributed by atoms with Crippen LogP contribution in [0.1, 0.15) is 44.5 Å². The lowest BCUT2D eigenvalue weighted by molar-refractivity contribution is 0.748. The van der Waals surface area contributed by atoms with Crippen LogP contribution in [0.2, 0.25) is 0 Å². The van der Waals surface area contributed by atoms with E-state index in [1.807, 2.05) is 0 Å². The molecule has 12 aromatic carbocycles. The molecule has 0 amide bonds. The summed E-state index contributed by atoms with van der Waals surface area (Å²) in [6, 6.07) is 109. The molecule has 1 aliphatic heterocycles. The van der Waals surface area contributed by atoms with E-state index in [2.05, 4.69) is 301 Å². The minimum atomic E-state index is -0.566. The van der Waals surface area contributed by atoms with Crippen molar-refractivity contribution in [1.29, 1.82) is 0 Å². The molecule has 76 heavy (non-hydrogen) atoms. The van der Waals surface area contributed by atoms with Crippen LogP contribution in [0.15, 0.2) is 291 Å². The number of fused-ring (bicyclic) bond motifs is 15. The summed E-state index contributed by atoms with van der Waals surface area (Å²) in [5, 5.41) is 2.45. The smallest absolute Gasteiger partial charge is 0.0754 e. The third-order valence-corrected chi connectivity index (χ3v) is 17.1. The van der Waals surface area contributed by atoms with Crippen LogP contribution < -0.4 is 4.90 Å². The van der Waals surface area contributed by atoms with Crippen molar-refractivity contribution in [3.8, 4) is 50.2 Å². The standard InChI is InChI=1S/C74H48N2/c1-4-23-49(24-5-1)50-25-20-26-51(47-50)55-31-13-18-42-67(55)75(70-44-22-40-65-71(70)59-34-12-16-38-63(59)73(65,52-27-6-2-7-28-52)53-29-8-3-9-30-53)54-45-46-68-60(48-54)58-35-21-41-66-72(58)76(68)69-43-19-17-39-64(69)74(66)61-36-14-10-32-56(61)57-33-11-15-37-62(57)74/h1-48H. The van der Waals surface area contributed by atoms with Gasteiger partial charge in [0.05, 0.1) is 38.9 Å². The lowest BCUT2D eigenvalue weighted by Crippen LogP contribution is -2.33. The summed E-state index contributed by atoms with van der Waals surface area (Å²) in [6.45, 7) is 0. The van der Waals surface area contributed by atoms with E-state index >= 15 is 0 Å². The molecule has 0 radical (unpaired) electrons. The van der Waals surface area contributed by atoms with Gasteiger partial charge in [-0.25, -0.2) is 0 Å². The van der Waals surface area contributed by atoms with Gasteiger partial charge in [-0.05, 0) is 120 Å². The molecule has 0 fully saturated rings. The van der Waals surface area contributed by atoms with Crippen LogP contribution in [0.3, 0.4) is 0 Å². The number of hydrogen-bond donors (Lipinski definition) is 0. The summed E-state index contributed by atoms with van der Waals surface area (Å²) in [7, 11) is 0. The third kappa shape index (κ3) is 5.70. The van der Waals surface area contributed by atoms with Gasteiger partial charge in [-0.1, -0.05) is 249 Å². The first-order valence-corrected chi connectivity index (χ1v) is 26.5. The lowest BCUT2D eigenvalue weighted by Gasteiger charge is -2.39. The fraction of sp³-hybridized carbons (Fsp3) is 0.0270. The van der Waals surface area contributed by atoms with Gasteiger partial charge in [-0.3, -0.25) is 0 Å². The molecule has 3 aliphatic rings. The minimum absolute atomic E-state index is 0.488. The van der Waals surface area contributed by atoms with Crippen LogP contribution in [-0.4, -0.2) is 4.57 Å². The molecule has 2 heterocycles. The molecule has 16 rings (SSSR count). The number of aromatic nitrogens is 1. The molecule has 0 unspecified atom stereocenters. The number of benzene rings is 12. The van der Waals surface area contributed by atoms with Crippen molar-refractivity contribution in [3.63, 3.8) is 0 Å². The second kappa shape index (κ2) is 16.4. The minimum Gasteiger partial charge on any atom is -0.309 e. The van der Waals surface area contributed by atoms with Gasteiger partial charge in [0.15, 0.2) is 0 Å². The molecule has 354 valence electrons. The van der Waals surface area contributed by atoms with Gasteiger partial charge >= 0.3 is 0 Å². The summed E-state index contributed by atoms with van der Waals surface area (Å²) in [6.07, 6.45) is 0. The highest BCUT2D eigenvalue weighted by Crippen LogP contribution is 2.63. The zero-order valence-electron chi connectivity index (χ0n) is 41.6. The number of rotatable bonds is 7. The number of nitrogens with zero attached hydrogens (tertiary/aromatic N) is 2. The SMILES string of the molecule is c1ccc(-c2cccc(-c3ccccc3N(c3ccc4c(c3)c3cccc5c3n4-c3ccccc3C53c4ccccc4-c4ccccc43)c3cccc4c3-c3ccccc3C4(c3ccccc3)c3ccccc3)c2)cc1. The van der Waals surface area contributed by atoms with E-state index in [0.29, 0.717) is 0 Å². The third-order valence-electron chi connectivity index (χ3n) is 17.1. The Morgan fingerprint density at radius 3 is 1.50 bits per heavy atom. The van der Waals surface area contributed by atoms with Crippen LogP contribution in [-0.2, 0) is 10.8 Å². The molecule has 0 saturated heterocycles. The number of hydrogen-bond acceptors (Lipinski definition) is 1. The second-order valence-corrected chi connectivity index (χ2v) is 20.6. The molecular formula is C74H48N2. The highest BCUT2D eigenvalue weighted by molar-refractivity contribution is 6.14. The molecule has 1 aromatic heterocycles. The van der Waals surface area contributed by atoms with E-state index in [1.54, 1.807) is 0 Å². The maximum atomic E-state index is 2.57. The molecule has 0 bridgehead atoms. The quantitative estimate of drug-likeness (QED) is 0.155. The molecule has 0 N–H and O–H groups in total. The van der Waals surface area contributed by atoms with Gasteiger partial charge in [0.25, 0.3) is 0 Å². The van der Waals surface area contributed by atoms with E-state index in [9.17, 15) is 0 Å². The Hall–Kier alpha value is -9.76. The van der Waals surface area contributed by atoms with E-state index in [-0.39, 0.29) is 0 Å². The van der Waals surface area contributed by atoms with E-state index in [4.69, 9.17) is 0 Å². The Morgan fingerprint density at radius 1 is 0.289 bits per heavy atom. The van der Waals surface area contributed by atoms with Gasteiger partial charge in [0.2, 0.25) is 0 Å². The molecule has 0 atom stereocenters. The van der Waals surface area contributed by atoms with Gasteiger partial charge in [-0.15, -0.1) is 0 Å². The Balaban J connectivity index is 0.995. The van der Waals surface area contributed by atoms with Gasteiger partial charge in [0.1, 0.15) is 0 Å². The number of para-hydroxylation sites is 3. The summed E-state index contributed by atoms with van der Waals surface area (Å²) < 4.78 is 2.56. The van der Waals surface area contributed by atoms with E-state index in [0.717, 1.165) is 28.2 Å². The Morgan fingerprint density at radius 2 is 0.789 bits per heavy atom. The van der Waals surface area contributed by atoms with Crippen molar-refractivity contribution in [2.24, 2.45) is 0 Å². The summed E-state index contributed by atoms with van der Waals surface area (Å²) in [4.78, 5) is 2.57. The molecular weight excluding hydrogens is 917 g/mol. The summed E-state index contributed by atoms with van der Waals surface area (Å²) >= 11 is 0. The van der Waals surface area contributed by atoms with Gasteiger partial charge in [-0.2, -0.15) is 0 Å². The lowest BCUT2D eigenvalue weighted by atomic mass is 9.65.